The highest BCUT2D eigenvalue weighted by atomic mass is 79.9. The van der Waals surface area contributed by atoms with Gasteiger partial charge in [-0.3, -0.25) is 4.79 Å². The van der Waals surface area contributed by atoms with E-state index in [2.05, 4.69) is 26.6 Å². The molecule has 0 aromatic heterocycles. The van der Waals surface area contributed by atoms with E-state index >= 15 is 0 Å². The van der Waals surface area contributed by atoms with Gasteiger partial charge in [-0.15, -0.1) is 0 Å². The summed E-state index contributed by atoms with van der Waals surface area (Å²) >= 11 is 9.29. The smallest absolute Gasteiger partial charge is 0.225 e. The summed E-state index contributed by atoms with van der Waals surface area (Å²) in [7, 11) is 0. The Bertz CT molecular complexity index is 398. The molecule has 0 fully saturated rings. The minimum absolute atomic E-state index is 0.0265. The van der Waals surface area contributed by atoms with Gasteiger partial charge in [-0.05, 0) is 41.5 Å². The van der Waals surface area contributed by atoms with E-state index in [4.69, 9.17) is 11.6 Å². The Morgan fingerprint density at radius 2 is 2.24 bits per heavy atom. The first-order chi connectivity index (χ1) is 8.04. The van der Waals surface area contributed by atoms with Crippen LogP contribution in [0.15, 0.2) is 22.7 Å². The zero-order chi connectivity index (χ0) is 12.8. The molecule has 0 aliphatic carbocycles. The number of amides is 1. The van der Waals surface area contributed by atoms with Crippen molar-refractivity contribution in [2.45, 2.75) is 26.3 Å². The Morgan fingerprint density at radius 1 is 1.53 bits per heavy atom. The molecule has 2 N–H and O–H groups in total. The van der Waals surface area contributed by atoms with Crippen LogP contribution in [-0.4, -0.2) is 18.5 Å². The average molecular weight is 320 g/mol. The van der Waals surface area contributed by atoms with E-state index in [0.29, 0.717) is 21.6 Å². The number of benzene rings is 1. The highest BCUT2D eigenvalue weighted by Gasteiger charge is 2.10. The zero-order valence-corrected chi connectivity index (χ0v) is 12.2. The van der Waals surface area contributed by atoms with E-state index in [9.17, 15) is 4.79 Å². The highest BCUT2D eigenvalue weighted by molar-refractivity contribution is 9.10. The predicted molar refractivity (Wildman–Crippen MR) is 75.5 cm³/mol. The third kappa shape index (κ3) is 4.66. The van der Waals surface area contributed by atoms with Crippen molar-refractivity contribution in [3.8, 4) is 0 Å². The third-order valence-corrected chi connectivity index (χ3v) is 3.67. The minimum atomic E-state index is -0.0265. The maximum atomic E-state index is 11.7. The summed E-state index contributed by atoms with van der Waals surface area (Å²) in [6.07, 6.45) is 0.437. The number of carbonyl (C=O) groups excluding carboxylic acids is 1. The molecule has 17 heavy (non-hydrogen) atoms. The van der Waals surface area contributed by atoms with Gasteiger partial charge in [0.05, 0.1) is 15.2 Å². The molecule has 1 amide bonds. The first-order valence-electron chi connectivity index (χ1n) is 5.51. The Kier molecular flexibility index (Phi) is 5.95. The monoisotopic (exact) mass is 318 g/mol. The van der Waals surface area contributed by atoms with Gasteiger partial charge < -0.3 is 10.6 Å². The van der Waals surface area contributed by atoms with Crippen LogP contribution >= 0.6 is 27.5 Å². The molecule has 0 aliphatic heterocycles. The standard InChI is InChI=1S/C12H16BrClN2O/c1-3-15-8(2)7-11(17)16-10-6-4-5-9(14)12(10)13/h4-6,8,15H,3,7H2,1-2H3,(H,16,17). The molecule has 1 unspecified atom stereocenters. The predicted octanol–water partition coefficient (Wildman–Crippen LogP) is 3.43. The normalized spacial score (nSPS) is 12.2. The number of anilines is 1. The SMILES string of the molecule is CCNC(C)CC(=O)Nc1cccc(Cl)c1Br. The number of hydrogen-bond acceptors (Lipinski definition) is 2. The fraction of sp³-hybridized carbons (Fsp3) is 0.417. The molecule has 1 aromatic rings. The number of hydrogen-bond donors (Lipinski definition) is 2. The Hall–Kier alpha value is -0.580. The van der Waals surface area contributed by atoms with Crippen molar-refractivity contribution in [2.24, 2.45) is 0 Å². The first-order valence-corrected chi connectivity index (χ1v) is 6.69. The lowest BCUT2D eigenvalue weighted by Gasteiger charge is -2.13. The molecule has 0 heterocycles. The van der Waals surface area contributed by atoms with Crippen LogP contribution in [0.4, 0.5) is 5.69 Å². The maximum Gasteiger partial charge on any atom is 0.225 e. The van der Waals surface area contributed by atoms with Crippen molar-refractivity contribution in [1.29, 1.82) is 0 Å². The second-order valence-corrected chi connectivity index (χ2v) is 5.01. The van der Waals surface area contributed by atoms with Gasteiger partial charge in [0.25, 0.3) is 0 Å². The molecule has 0 saturated carbocycles. The van der Waals surface area contributed by atoms with E-state index in [0.717, 1.165) is 6.54 Å². The van der Waals surface area contributed by atoms with E-state index in [1.807, 2.05) is 19.9 Å². The van der Waals surface area contributed by atoms with Crippen LogP contribution in [0, 0.1) is 0 Å². The van der Waals surface area contributed by atoms with Gasteiger partial charge in [0, 0.05) is 12.5 Å². The van der Waals surface area contributed by atoms with Crippen LogP contribution in [0.3, 0.4) is 0 Å². The molecule has 94 valence electrons. The Balaban J connectivity index is 2.59. The van der Waals surface area contributed by atoms with Crippen LogP contribution < -0.4 is 10.6 Å². The summed E-state index contributed by atoms with van der Waals surface area (Å²) in [5, 5.41) is 6.61. The quantitative estimate of drug-likeness (QED) is 0.873. The second-order valence-electron chi connectivity index (χ2n) is 3.81. The van der Waals surface area contributed by atoms with Crippen LogP contribution in [0.2, 0.25) is 5.02 Å². The summed E-state index contributed by atoms with van der Waals surface area (Å²) in [5.74, 6) is -0.0265. The Labute approximate surface area is 115 Å². The molecule has 0 aliphatic rings. The van der Waals surface area contributed by atoms with Crippen molar-refractivity contribution in [2.75, 3.05) is 11.9 Å². The van der Waals surface area contributed by atoms with Crippen molar-refractivity contribution < 1.29 is 4.79 Å². The van der Waals surface area contributed by atoms with Gasteiger partial charge in [-0.25, -0.2) is 0 Å². The lowest BCUT2D eigenvalue weighted by Crippen LogP contribution is -2.30. The summed E-state index contributed by atoms with van der Waals surface area (Å²) in [5.41, 5.74) is 0.700. The lowest BCUT2D eigenvalue weighted by atomic mass is 10.2. The average Bonchev–Trinajstić information content (AvgIpc) is 2.25. The third-order valence-electron chi connectivity index (χ3n) is 2.27. The van der Waals surface area contributed by atoms with Crippen LogP contribution in [0.1, 0.15) is 20.3 Å². The van der Waals surface area contributed by atoms with Crippen LogP contribution in [-0.2, 0) is 4.79 Å². The van der Waals surface area contributed by atoms with Crippen molar-refractivity contribution >= 4 is 39.1 Å². The van der Waals surface area contributed by atoms with Gasteiger partial charge in [0.15, 0.2) is 0 Å². The molecule has 1 atom stereocenters. The first kappa shape index (κ1) is 14.5. The molecule has 0 saturated heterocycles. The fourth-order valence-corrected chi connectivity index (χ4v) is 2.04. The summed E-state index contributed by atoms with van der Waals surface area (Å²) in [6, 6.07) is 5.54. The zero-order valence-electron chi connectivity index (χ0n) is 9.89. The number of rotatable bonds is 5. The van der Waals surface area contributed by atoms with Gasteiger partial charge in [0.2, 0.25) is 5.91 Å². The number of halogens is 2. The number of carbonyl (C=O) groups is 1. The molecule has 0 radical (unpaired) electrons. The highest BCUT2D eigenvalue weighted by Crippen LogP contribution is 2.30. The molecule has 1 aromatic carbocycles. The molecule has 1 rings (SSSR count). The summed E-state index contributed by atoms with van der Waals surface area (Å²) < 4.78 is 0.714. The Morgan fingerprint density at radius 3 is 2.88 bits per heavy atom. The fourth-order valence-electron chi connectivity index (χ4n) is 1.50. The van der Waals surface area contributed by atoms with E-state index < -0.39 is 0 Å². The van der Waals surface area contributed by atoms with Gasteiger partial charge >= 0.3 is 0 Å². The van der Waals surface area contributed by atoms with E-state index in [1.165, 1.54) is 0 Å². The van der Waals surface area contributed by atoms with E-state index in [-0.39, 0.29) is 11.9 Å². The summed E-state index contributed by atoms with van der Waals surface area (Å²) in [4.78, 5) is 11.7. The maximum absolute atomic E-state index is 11.7. The van der Waals surface area contributed by atoms with Crippen molar-refractivity contribution in [1.82, 2.24) is 5.32 Å². The number of nitrogens with one attached hydrogen (secondary N) is 2. The molecule has 5 heteroatoms. The van der Waals surface area contributed by atoms with Crippen molar-refractivity contribution in [3.05, 3.63) is 27.7 Å². The van der Waals surface area contributed by atoms with Gasteiger partial charge in [-0.2, -0.15) is 0 Å². The molecule has 0 bridgehead atoms. The molecular weight excluding hydrogens is 304 g/mol. The van der Waals surface area contributed by atoms with Crippen LogP contribution in [0.5, 0.6) is 0 Å². The second kappa shape index (κ2) is 6.99. The molecule has 0 spiro atoms. The largest absolute Gasteiger partial charge is 0.325 e. The van der Waals surface area contributed by atoms with E-state index in [1.54, 1.807) is 12.1 Å². The lowest BCUT2D eigenvalue weighted by molar-refractivity contribution is -0.116. The minimum Gasteiger partial charge on any atom is -0.325 e. The topological polar surface area (TPSA) is 41.1 Å². The molecular formula is C12H16BrClN2O. The molecule has 3 nitrogen and oxygen atoms in total. The van der Waals surface area contributed by atoms with Gasteiger partial charge in [0.1, 0.15) is 0 Å². The summed E-state index contributed by atoms with van der Waals surface area (Å²) in [6.45, 7) is 4.85. The van der Waals surface area contributed by atoms with Gasteiger partial charge in [-0.1, -0.05) is 24.6 Å². The van der Waals surface area contributed by atoms with Crippen molar-refractivity contribution in [3.63, 3.8) is 0 Å². The van der Waals surface area contributed by atoms with Crippen LogP contribution in [0.25, 0.3) is 0 Å².